The highest BCUT2D eigenvalue weighted by atomic mass is 15.1. The van der Waals surface area contributed by atoms with Crippen LogP contribution < -0.4 is 5.73 Å². The average Bonchev–Trinajstić information content (AvgIpc) is 3.12. The smallest absolute Gasteiger partial charge is 0.110 e. The molecular formula is C13H16N4. The Morgan fingerprint density at radius 2 is 2.18 bits per heavy atom. The van der Waals surface area contributed by atoms with E-state index in [2.05, 4.69) is 20.6 Å². The number of hydrogen-bond donors (Lipinski definition) is 1. The van der Waals surface area contributed by atoms with Gasteiger partial charge in [-0.1, -0.05) is 0 Å². The lowest BCUT2D eigenvalue weighted by Gasteiger charge is -2.20. The zero-order chi connectivity index (χ0) is 11.4. The van der Waals surface area contributed by atoms with Crippen LogP contribution in [0, 0.1) is 0 Å². The van der Waals surface area contributed by atoms with E-state index in [0.717, 1.165) is 24.9 Å². The second-order valence-electron chi connectivity index (χ2n) is 5.31. The quantitative estimate of drug-likeness (QED) is 0.806. The van der Waals surface area contributed by atoms with Gasteiger partial charge in [-0.15, -0.1) is 0 Å². The molecule has 0 aromatic carbocycles. The molecule has 1 atom stereocenters. The molecule has 0 unspecified atom stereocenters. The second kappa shape index (κ2) is 3.29. The van der Waals surface area contributed by atoms with Gasteiger partial charge in [-0.3, -0.25) is 4.98 Å². The summed E-state index contributed by atoms with van der Waals surface area (Å²) in [4.78, 5) is 9.18. The summed E-state index contributed by atoms with van der Waals surface area (Å²) in [5, 5.41) is 0. The summed E-state index contributed by atoms with van der Waals surface area (Å²) in [6, 6.07) is 2.50. The first-order valence-corrected chi connectivity index (χ1v) is 6.42. The monoisotopic (exact) mass is 228 g/mol. The largest absolute Gasteiger partial charge is 0.326 e. The van der Waals surface area contributed by atoms with Crippen molar-refractivity contribution < 1.29 is 0 Å². The number of nitrogens with two attached hydrogens (primary N) is 1. The summed E-state index contributed by atoms with van der Waals surface area (Å²) in [6.07, 6.45) is 6.55. The number of aromatic nitrogens is 3. The highest BCUT2D eigenvalue weighted by molar-refractivity contribution is 5.76. The Kier molecular flexibility index (Phi) is 1.86. The summed E-state index contributed by atoms with van der Waals surface area (Å²) >= 11 is 0. The molecule has 0 radical (unpaired) electrons. The zero-order valence-corrected chi connectivity index (χ0v) is 9.76. The molecule has 2 aromatic rings. The van der Waals surface area contributed by atoms with Crippen molar-refractivity contribution in [2.75, 3.05) is 0 Å². The third kappa shape index (κ3) is 1.47. The predicted octanol–water partition coefficient (Wildman–Crippen LogP) is 1.58. The third-order valence-electron chi connectivity index (χ3n) is 3.89. The molecule has 1 aliphatic carbocycles. The Bertz CT molecular complexity index is 582. The maximum atomic E-state index is 6.05. The van der Waals surface area contributed by atoms with Gasteiger partial charge in [-0.25, -0.2) is 4.98 Å². The van der Waals surface area contributed by atoms with Crippen LogP contribution >= 0.6 is 0 Å². The number of rotatable bonds is 1. The number of pyridine rings is 1. The Morgan fingerprint density at radius 1 is 1.29 bits per heavy atom. The van der Waals surface area contributed by atoms with Gasteiger partial charge in [0.1, 0.15) is 11.3 Å². The lowest BCUT2D eigenvalue weighted by Crippen LogP contribution is -2.31. The van der Waals surface area contributed by atoms with Gasteiger partial charge in [0.25, 0.3) is 0 Å². The van der Waals surface area contributed by atoms with Crippen molar-refractivity contribution >= 4 is 11.0 Å². The lowest BCUT2D eigenvalue weighted by atomic mass is 10.1. The summed E-state index contributed by atoms with van der Waals surface area (Å²) in [5.41, 5.74) is 9.54. The number of aryl methyl sites for hydroxylation is 1. The van der Waals surface area contributed by atoms with Crippen molar-refractivity contribution in [3.63, 3.8) is 0 Å². The Morgan fingerprint density at radius 3 is 3.00 bits per heavy atom. The first-order chi connectivity index (χ1) is 8.31. The summed E-state index contributed by atoms with van der Waals surface area (Å²) in [5.74, 6) is 1.87. The maximum absolute atomic E-state index is 6.05. The Labute approximate surface area is 99.9 Å². The van der Waals surface area contributed by atoms with Crippen LogP contribution in [0.4, 0.5) is 0 Å². The van der Waals surface area contributed by atoms with E-state index < -0.39 is 0 Å². The minimum atomic E-state index is 0.275. The van der Waals surface area contributed by atoms with Crippen LogP contribution in [0.15, 0.2) is 12.3 Å². The first-order valence-electron chi connectivity index (χ1n) is 6.42. The van der Waals surface area contributed by atoms with Crippen LogP contribution in [0.25, 0.3) is 11.0 Å². The first kappa shape index (κ1) is 9.59. The number of imidazole rings is 1. The van der Waals surface area contributed by atoms with Crippen molar-refractivity contribution in [2.24, 2.45) is 5.73 Å². The van der Waals surface area contributed by atoms with Crippen LogP contribution in [0.5, 0.6) is 0 Å². The number of fused-ring (bicyclic) bond motifs is 3. The molecule has 88 valence electrons. The second-order valence-corrected chi connectivity index (χ2v) is 5.31. The highest BCUT2D eigenvalue weighted by Gasteiger charge is 2.26. The molecule has 0 amide bonds. The molecule has 2 N–H and O–H groups in total. The molecule has 2 aromatic heterocycles. The van der Waals surface area contributed by atoms with Crippen LogP contribution in [0.2, 0.25) is 0 Å². The SMILES string of the molecule is N[C@@H]1CCc2nc3cnc(C4CC4)cc3n2C1. The van der Waals surface area contributed by atoms with Gasteiger partial charge in [0.05, 0.1) is 11.7 Å². The summed E-state index contributed by atoms with van der Waals surface area (Å²) in [7, 11) is 0. The molecule has 1 saturated carbocycles. The Balaban J connectivity index is 1.90. The third-order valence-corrected chi connectivity index (χ3v) is 3.89. The van der Waals surface area contributed by atoms with Crippen molar-refractivity contribution in [3.8, 4) is 0 Å². The van der Waals surface area contributed by atoms with E-state index >= 15 is 0 Å². The molecule has 4 rings (SSSR count). The van der Waals surface area contributed by atoms with Crippen molar-refractivity contribution in [3.05, 3.63) is 23.8 Å². The fourth-order valence-electron chi connectivity index (χ4n) is 2.73. The molecule has 2 aliphatic rings. The normalized spacial score (nSPS) is 23.9. The molecule has 17 heavy (non-hydrogen) atoms. The molecule has 1 aliphatic heterocycles. The van der Waals surface area contributed by atoms with E-state index in [1.165, 1.54) is 29.9 Å². The fourth-order valence-corrected chi connectivity index (χ4v) is 2.73. The molecule has 3 heterocycles. The molecule has 0 bridgehead atoms. The molecule has 4 nitrogen and oxygen atoms in total. The molecule has 1 fully saturated rings. The van der Waals surface area contributed by atoms with Crippen LogP contribution in [0.3, 0.4) is 0 Å². The average molecular weight is 228 g/mol. The standard InChI is InChI=1S/C13H16N4/c14-9-3-4-13-16-11-6-15-10(8-1-2-8)5-12(11)17(13)7-9/h5-6,8-9H,1-4,7,14H2/t9-/m1/s1. The number of hydrogen-bond acceptors (Lipinski definition) is 3. The Hall–Kier alpha value is -1.42. The van der Waals surface area contributed by atoms with Crippen molar-refractivity contribution in [1.82, 2.24) is 14.5 Å². The van der Waals surface area contributed by atoms with Crippen LogP contribution in [0.1, 0.15) is 36.7 Å². The lowest BCUT2D eigenvalue weighted by molar-refractivity contribution is 0.461. The molecular weight excluding hydrogens is 212 g/mol. The van der Waals surface area contributed by atoms with Gasteiger partial charge in [0.15, 0.2) is 0 Å². The van der Waals surface area contributed by atoms with Gasteiger partial charge in [0, 0.05) is 30.6 Å². The van der Waals surface area contributed by atoms with E-state index in [1.807, 2.05) is 6.20 Å². The van der Waals surface area contributed by atoms with E-state index in [9.17, 15) is 0 Å². The molecule has 0 spiro atoms. The van der Waals surface area contributed by atoms with Crippen LogP contribution in [-0.2, 0) is 13.0 Å². The van der Waals surface area contributed by atoms with Gasteiger partial charge in [0.2, 0.25) is 0 Å². The van der Waals surface area contributed by atoms with Crippen molar-refractivity contribution in [1.29, 1.82) is 0 Å². The van der Waals surface area contributed by atoms with E-state index in [4.69, 9.17) is 5.73 Å². The van der Waals surface area contributed by atoms with Crippen molar-refractivity contribution in [2.45, 2.75) is 44.2 Å². The zero-order valence-electron chi connectivity index (χ0n) is 9.76. The van der Waals surface area contributed by atoms with Gasteiger partial charge >= 0.3 is 0 Å². The predicted molar refractivity (Wildman–Crippen MR) is 65.8 cm³/mol. The summed E-state index contributed by atoms with van der Waals surface area (Å²) in [6.45, 7) is 0.903. The van der Waals surface area contributed by atoms with Gasteiger partial charge in [-0.05, 0) is 25.3 Å². The fraction of sp³-hybridized carbons (Fsp3) is 0.538. The number of nitrogens with zero attached hydrogens (tertiary/aromatic N) is 3. The summed E-state index contributed by atoms with van der Waals surface area (Å²) < 4.78 is 2.29. The van der Waals surface area contributed by atoms with Gasteiger partial charge < -0.3 is 10.3 Å². The minimum absolute atomic E-state index is 0.275. The molecule has 4 heteroatoms. The molecule has 0 saturated heterocycles. The van der Waals surface area contributed by atoms with E-state index in [1.54, 1.807) is 0 Å². The minimum Gasteiger partial charge on any atom is -0.326 e. The van der Waals surface area contributed by atoms with E-state index in [0.29, 0.717) is 5.92 Å². The highest BCUT2D eigenvalue weighted by Crippen LogP contribution is 2.39. The van der Waals surface area contributed by atoms with Gasteiger partial charge in [-0.2, -0.15) is 0 Å². The van der Waals surface area contributed by atoms with Crippen LogP contribution in [-0.4, -0.2) is 20.6 Å². The van der Waals surface area contributed by atoms with E-state index in [-0.39, 0.29) is 6.04 Å². The maximum Gasteiger partial charge on any atom is 0.110 e. The topological polar surface area (TPSA) is 56.7 Å².